The molecule has 0 amide bonds. The van der Waals surface area contributed by atoms with Gasteiger partial charge < -0.3 is 0 Å². The molecule has 3 fully saturated rings. The Hall–Kier alpha value is -0.383. The molecule has 3 aliphatic carbocycles. The lowest BCUT2D eigenvalue weighted by Gasteiger charge is -2.47. The number of fused-ring (bicyclic) bond motifs is 4. The van der Waals surface area contributed by atoms with E-state index in [0.29, 0.717) is 0 Å². The maximum atomic E-state index is 2.84. The number of benzene rings is 1. The second-order valence-corrected chi connectivity index (χ2v) is 19.5. The summed E-state index contributed by atoms with van der Waals surface area (Å²) in [6.07, 6.45) is 12.8. The molecule has 1 aromatic rings. The predicted octanol–water partition coefficient (Wildman–Crippen LogP) is 8.71. The molecule has 0 bridgehead atoms. The Bertz CT molecular complexity index is 871. The molecule has 5 aliphatic rings. The van der Waals surface area contributed by atoms with Crippen molar-refractivity contribution in [2.45, 2.75) is 86.5 Å². The van der Waals surface area contributed by atoms with Crippen LogP contribution in [0.4, 0.5) is 0 Å². The van der Waals surface area contributed by atoms with Gasteiger partial charge in [0.1, 0.15) is 0 Å². The molecule has 1 aromatic carbocycles. The van der Waals surface area contributed by atoms with Gasteiger partial charge in [-0.2, -0.15) is 0 Å². The van der Waals surface area contributed by atoms with Crippen LogP contribution < -0.4 is 0 Å². The average Bonchev–Trinajstić information content (AvgIpc) is 3.47. The van der Waals surface area contributed by atoms with Gasteiger partial charge in [0.2, 0.25) is 0 Å². The Kier molecular flexibility index (Phi) is 5.35. The van der Waals surface area contributed by atoms with Gasteiger partial charge in [0.25, 0.3) is 0 Å². The highest BCUT2D eigenvalue weighted by Crippen LogP contribution is 2.69. The third-order valence-electron chi connectivity index (χ3n) is 9.77. The van der Waals surface area contributed by atoms with Crippen LogP contribution >= 0.6 is 23.5 Å². The Morgan fingerprint density at radius 1 is 0.806 bits per heavy atom. The molecule has 166 valence electrons. The fourth-order valence-electron chi connectivity index (χ4n) is 8.83. The molecule has 0 aromatic heterocycles. The van der Waals surface area contributed by atoms with Crippen LogP contribution in [0.2, 0.25) is 24.2 Å². The van der Waals surface area contributed by atoms with E-state index in [1.54, 1.807) is 15.4 Å². The van der Waals surface area contributed by atoms with Crippen LogP contribution in [0.1, 0.15) is 57.4 Å². The van der Waals surface area contributed by atoms with Crippen molar-refractivity contribution in [3.05, 3.63) is 57.9 Å². The molecule has 0 saturated heterocycles. The summed E-state index contributed by atoms with van der Waals surface area (Å²) in [7, 11) is -1.53. The molecule has 2 aliphatic heterocycles. The number of allylic oxidation sites excluding steroid dienone is 4. The molecule has 8 atom stereocenters. The lowest BCUT2D eigenvalue weighted by atomic mass is 9.82. The van der Waals surface area contributed by atoms with Crippen molar-refractivity contribution in [3.8, 4) is 0 Å². The molecule has 31 heavy (non-hydrogen) atoms. The summed E-state index contributed by atoms with van der Waals surface area (Å²) in [6.45, 7) is 10.4. The smallest absolute Gasteiger partial charge is 0.0569 e. The van der Waals surface area contributed by atoms with E-state index in [2.05, 4.69) is 92.9 Å². The summed E-state index contributed by atoms with van der Waals surface area (Å²) in [6, 6.07) is 11.7. The second kappa shape index (κ2) is 7.84. The Balaban J connectivity index is 1.41. The lowest BCUT2D eigenvalue weighted by molar-refractivity contribution is 0.274. The third-order valence-corrected chi connectivity index (χ3v) is 18.0. The van der Waals surface area contributed by atoms with Crippen molar-refractivity contribution in [3.63, 3.8) is 0 Å². The van der Waals surface area contributed by atoms with Gasteiger partial charge in [-0.05, 0) is 76.3 Å². The molecule has 6 rings (SSSR count). The van der Waals surface area contributed by atoms with Gasteiger partial charge in [-0.3, -0.25) is 0 Å². The molecular weight excluding hydrogens is 429 g/mol. The average molecular weight is 467 g/mol. The Labute approximate surface area is 199 Å². The maximum Gasteiger partial charge on any atom is 0.0569 e. The van der Waals surface area contributed by atoms with E-state index in [4.69, 9.17) is 0 Å². The first-order valence-electron chi connectivity index (χ1n) is 12.7. The summed E-state index contributed by atoms with van der Waals surface area (Å²) in [5.74, 6) is 4.41. The Morgan fingerprint density at radius 2 is 1.42 bits per heavy atom. The zero-order valence-corrected chi connectivity index (χ0v) is 22.2. The van der Waals surface area contributed by atoms with Gasteiger partial charge in [-0.15, -0.1) is 23.5 Å². The van der Waals surface area contributed by atoms with Crippen LogP contribution in [0.5, 0.6) is 0 Å². The first kappa shape index (κ1) is 21.2. The van der Waals surface area contributed by atoms with Crippen LogP contribution in [-0.4, -0.2) is 18.6 Å². The second-order valence-electron chi connectivity index (χ2n) is 11.7. The minimum absolute atomic E-state index is 0.801. The van der Waals surface area contributed by atoms with Crippen molar-refractivity contribution in [1.29, 1.82) is 0 Å². The largest absolute Gasteiger partial charge is 0.127 e. The predicted molar refractivity (Wildman–Crippen MR) is 141 cm³/mol. The van der Waals surface area contributed by atoms with Crippen molar-refractivity contribution in [2.75, 3.05) is 0 Å². The fourth-order valence-corrected chi connectivity index (χ4v) is 19.7. The highest BCUT2D eigenvalue weighted by Gasteiger charge is 2.63. The van der Waals surface area contributed by atoms with Crippen molar-refractivity contribution >= 4 is 31.6 Å². The number of rotatable bonds is 3. The van der Waals surface area contributed by atoms with Gasteiger partial charge in [0, 0.05) is 10.5 Å². The number of hydrogen-bond acceptors (Lipinski definition) is 2. The van der Waals surface area contributed by atoms with E-state index < -0.39 is 8.07 Å². The number of thioether (sulfide) groups is 2. The molecule has 0 radical (unpaired) electrons. The van der Waals surface area contributed by atoms with E-state index in [9.17, 15) is 0 Å². The Morgan fingerprint density at radius 3 is 2.06 bits per heavy atom. The van der Waals surface area contributed by atoms with E-state index in [-0.39, 0.29) is 0 Å². The highest BCUT2D eigenvalue weighted by atomic mass is 32.2. The summed E-state index contributed by atoms with van der Waals surface area (Å²) in [5, 5.41) is 1.71. The summed E-state index contributed by atoms with van der Waals surface area (Å²) >= 11 is 4.54. The summed E-state index contributed by atoms with van der Waals surface area (Å²) in [5.41, 5.74) is 3.57. The van der Waals surface area contributed by atoms with E-state index >= 15 is 0 Å². The van der Waals surface area contributed by atoms with E-state index in [0.717, 1.165) is 51.2 Å². The van der Waals surface area contributed by atoms with Crippen molar-refractivity contribution < 1.29 is 0 Å². The minimum Gasteiger partial charge on any atom is -0.127 e. The number of hydrogen-bond donors (Lipinski definition) is 0. The van der Waals surface area contributed by atoms with Gasteiger partial charge in [0.15, 0.2) is 0 Å². The van der Waals surface area contributed by atoms with Gasteiger partial charge in [0.05, 0.1) is 8.07 Å². The van der Waals surface area contributed by atoms with Gasteiger partial charge in [-0.25, -0.2) is 0 Å². The normalized spacial score (nSPS) is 43.9. The van der Waals surface area contributed by atoms with E-state index in [1.165, 1.54) is 32.1 Å². The monoisotopic (exact) mass is 466 g/mol. The zero-order chi connectivity index (χ0) is 21.3. The third kappa shape index (κ3) is 3.31. The molecule has 0 nitrogen and oxygen atoms in total. The summed E-state index contributed by atoms with van der Waals surface area (Å²) < 4.78 is 0. The molecule has 0 N–H and O–H groups in total. The van der Waals surface area contributed by atoms with E-state index in [1.807, 2.05) is 0 Å². The van der Waals surface area contributed by atoms with Gasteiger partial charge in [-0.1, -0.05) is 81.3 Å². The van der Waals surface area contributed by atoms with Crippen LogP contribution in [0, 0.1) is 23.7 Å². The molecule has 3 heteroatoms. The van der Waals surface area contributed by atoms with Crippen LogP contribution in [0.25, 0.3) is 0 Å². The van der Waals surface area contributed by atoms with Crippen LogP contribution in [0.15, 0.2) is 52.3 Å². The van der Waals surface area contributed by atoms with Crippen LogP contribution in [-0.2, 0) is 0 Å². The summed E-state index contributed by atoms with van der Waals surface area (Å²) in [4.78, 5) is 3.21. The minimum atomic E-state index is -1.53. The van der Waals surface area contributed by atoms with Crippen molar-refractivity contribution in [1.82, 2.24) is 0 Å². The van der Waals surface area contributed by atoms with Gasteiger partial charge >= 0.3 is 0 Å². The molecule has 2 heterocycles. The highest BCUT2D eigenvalue weighted by molar-refractivity contribution is 8.05. The molecular formula is C28H38S2Si. The standard InChI is InChI=1S/C28H38S2Si/c1-17-14-23-24-15-18(2)30-26(24)28(25(23)29-17)31(3,4)27-21-13-9-8-12-20(21)16-22(27)19-10-6-5-7-11-19/h5-7,10-11,14-15,20-28H,8-9,12-13,16H2,1-4H3. The zero-order valence-electron chi connectivity index (χ0n) is 19.6. The molecule has 0 spiro atoms. The van der Waals surface area contributed by atoms with Crippen molar-refractivity contribution in [2.24, 2.45) is 23.7 Å². The SMILES string of the molecule is CC1=CC2C3C=C(C)SC3C([Si](C)(C)C3C(c4ccccc4)CC4CCCCC43)C2S1. The van der Waals surface area contributed by atoms with Crippen LogP contribution in [0.3, 0.4) is 0 Å². The first-order chi connectivity index (χ1) is 14.9. The molecule has 3 saturated carbocycles. The first-order valence-corrected chi connectivity index (χ1v) is 17.6. The molecule has 8 unspecified atom stereocenters. The lowest BCUT2D eigenvalue weighted by Crippen LogP contribution is -2.47. The maximum absolute atomic E-state index is 2.84. The topological polar surface area (TPSA) is 0 Å². The fraction of sp³-hybridized carbons (Fsp3) is 0.643. The quantitative estimate of drug-likeness (QED) is 0.408.